The molecule has 3 rings (SSSR count). The van der Waals surface area contributed by atoms with Gasteiger partial charge >= 0.3 is 0 Å². The number of hydrogen-bond acceptors (Lipinski definition) is 4. The Kier molecular flexibility index (Phi) is 9.19. The molecule has 5 heteroatoms. The molecule has 1 atom stereocenters. The van der Waals surface area contributed by atoms with Crippen molar-refractivity contribution in [2.75, 3.05) is 26.7 Å². The minimum atomic E-state index is -0.171. The van der Waals surface area contributed by atoms with Crippen LogP contribution in [0.3, 0.4) is 0 Å². The monoisotopic (exact) mass is 440 g/mol. The largest absolute Gasteiger partial charge is 0.496 e. The summed E-state index contributed by atoms with van der Waals surface area (Å²) in [4.78, 5) is 30.7. The summed E-state index contributed by atoms with van der Waals surface area (Å²) in [5, 5.41) is 0. The topological polar surface area (TPSA) is 49.9 Å². The number of imide groups is 1. The Morgan fingerprint density at radius 2 is 1.66 bits per heavy atom. The smallest absolute Gasteiger partial charge is 0.277 e. The Morgan fingerprint density at radius 1 is 0.969 bits per heavy atom. The van der Waals surface area contributed by atoms with Crippen molar-refractivity contribution in [1.82, 2.24) is 9.80 Å². The maximum atomic E-state index is 13.5. The van der Waals surface area contributed by atoms with Crippen LogP contribution in [0.4, 0.5) is 0 Å². The Balaban J connectivity index is 1.74. The molecule has 0 aliphatic carbocycles. The summed E-state index contributed by atoms with van der Waals surface area (Å²) in [6.45, 7) is 6.59. The highest BCUT2D eigenvalue weighted by atomic mass is 16.5. The number of methoxy groups -OCH3 is 1. The number of para-hydroxylation sites is 1. The van der Waals surface area contributed by atoms with E-state index in [1.807, 2.05) is 24.3 Å². The van der Waals surface area contributed by atoms with E-state index in [2.05, 4.69) is 18.7 Å². The lowest BCUT2D eigenvalue weighted by molar-refractivity contribution is -0.137. The molecule has 0 aromatic heterocycles. The predicted octanol–water partition coefficient (Wildman–Crippen LogP) is 5.65. The van der Waals surface area contributed by atoms with E-state index in [1.165, 1.54) is 43.4 Å². The molecule has 2 amide bonds. The molecular weight excluding hydrogens is 400 g/mol. The summed E-state index contributed by atoms with van der Waals surface area (Å²) in [5.41, 5.74) is 1.81. The van der Waals surface area contributed by atoms with Crippen molar-refractivity contribution < 1.29 is 14.3 Å². The van der Waals surface area contributed by atoms with Crippen LogP contribution in [0, 0.1) is 5.92 Å². The van der Waals surface area contributed by atoms with Crippen LogP contribution in [0.1, 0.15) is 83.6 Å². The Bertz CT molecular complexity index is 817. The van der Waals surface area contributed by atoms with E-state index in [0.717, 1.165) is 44.3 Å². The molecule has 2 aliphatic heterocycles. The molecule has 0 bridgehead atoms. The van der Waals surface area contributed by atoms with Crippen molar-refractivity contribution in [3.63, 3.8) is 0 Å². The average Bonchev–Trinajstić information content (AvgIpc) is 3.05. The summed E-state index contributed by atoms with van der Waals surface area (Å²) < 4.78 is 5.55. The Morgan fingerprint density at radius 3 is 2.34 bits per heavy atom. The number of unbranched alkanes of at least 4 members (excludes halogenated alkanes) is 7. The molecule has 176 valence electrons. The maximum Gasteiger partial charge on any atom is 0.277 e. The van der Waals surface area contributed by atoms with E-state index >= 15 is 0 Å². The predicted molar refractivity (Wildman–Crippen MR) is 129 cm³/mol. The summed E-state index contributed by atoms with van der Waals surface area (Å²) in [5.74, 6) is 0.851. The number of piperidine rings is 1. The standard InChI is InChI=1S/C27H40N2O3/c1-4-5-6-7-8-9-10-13-19-29-26(30)24(22-16-11-12-17-23(22)32-3)25(27(29)31)28-18-14-15-21(2)20-28/h11-12,16-17,21H,4-10,13-15,18-20H2,1-3H3. The first-order chi connectivity index (χ1) is 15.6. The molecule has 1 saturated heterocycles. The fourth-order valence-electron chi connectivity index (χ4n) is 4.95. The molecule has 0 radical (unpaired) electrons. The lowest BCUT2D eigenvalue weighted by Crippen LogP contribution is -2.39. The number of benzene rings is 1. The lowest BCUT2D eigenvalue weighted by atomic mass is 9.97. The molecule has 0 spiro atoms. The summed E-state index contributed by atoms with van der Waals surface area (Å²) >= 11 is 0. The second-order valence-corrected chi connectivity index (χ2v) is 9.35. The molecule has 32 heavy (non-hydrogen) atoms. The van der Waals surface area contributed by atoms with Gasteiger partial charge in [-0.3, -0.25) is 14.5 Å². The van der Waals surface area contributed by atoms with Gasteiger partial charge in [0, 0.05) is 25.2 Å². The van der Waals surface area contributed by atoms with Crippen molar-refractivity contribution in [3.05, 3.63) is 35.5 Å². The van der Waals surface area contributed by atoms with Gasteiger partial charge in [0.2, 0.25) is 0 Å². The number of ether oxygens (including phenoxy) is 1. The highest BCUT2D eigenvalue weighted by molar-refractivity contribution is 6.36. The van der Waals surface area contributed by atoms with Gasteiger partial charge in [0.25, 0.3) is 11.8 Å². The van der Waals surface area contributed by atoms with Gasteiger partial charge in [0.1, 0.15) is 11.4 Å². The van der Waals surface area contributed by atoms with E-state index in [4.69, 9.17) is 4.74 Å². The third-order valence-electron chi connectivity index (χ3n) is 6.73. The zero-order valence-electron chi connectivity index (χ0n) is 20.2. The number of hydrogen-bond donors (Lipinski definition) is 0. The van der Waals surface area contributed by atoms with Crippen LogP contribution in [-0.4, -0.2) is 48.4 Å². The SMILES string of the molecule is CCCCCCCCCCN1C(=O)C(c2ccccc2OC)=C(N2CCCC(C)C2)C1=O. The Labute approximate surface area is 193 Å². The maximum absolute atomic E-state index is 13.5. The molecule has 0 saturated carbocycles. The number of nitrogens with zero attached hydrogens (tertiary/aromatic N) is 2. The fourth-order valence-corrected chi connectivity index (χ4v) is 4.95. The van der Waals surface area contributed by atoms with Crippen LogP contribution in [0.15, 0.2) is 30.0 Å². The van der Waals surface area contributed by atoms with E-state index in [1.54, 1.807) is 7.11 Å². The van der Waals surface area contributed by atoms with Gasteiger partial charge in [-0.2, -0.15) is 0 Å². The van der Waals surface area contributed by atoms with Crippen LogP contribution in [0.2, 0.25) is 0 Å². The number of rotatable bonds is 12. The number of amides is 2. The zero-order chi connectivity index (χ0) is 22.9. The van der Waals surface area contributed by atoms with Crippen molar-refractivity contribution >= 4 is 17.4 Å². The van der Waals surface area contributed by atoms with Gasteiger partial charge in [0.15, 0.2) is 0 Å². The summed E-state index contributed by atoms with van der Waals surface area (Å²) in [6.07, 6.45) is 11.7. The highest BCUT2D eigenvalue weighted by Crippen LogP contribution is 2.37. The molecule has 1 unspecified atom stereocenters. The fraction of sp³-hybridized carbons (Fsp3) is 0.630. The summed E-state index contributed by atoms with van der Waals surface area (Å²) in [6, 6.07) is 7.55. The molecule has 5 nitrogen and oxygen atoms in total. The van der Waals surface area contributed by atoms with Gasteiger partial charge in [0.05, 0.1) is 12.7 Å². The minimum Gasteiger partial charge on any atom is -0.496 e. The molecule has 2 aliphatic rings. The zero-order valence-corrected chi connectivity index (χ0v) is 20.2. The van der Waals surface area contributed by atoms with Crippen LogP contribution >= 0.6 is 0 Å². The van der Waals surface area contributed by atoms with Crippen molar-refractivity contribution in [2.45, 2.75) is 78.1 Å². The van der Waals surface area contributed by atoms with Gasteiger partial charge in [-0.05, 0) is 31.2 Å². The normalized spacial score (nSPS) is 19.3. The molecule has 1 fully saturated rings. The van der Waals surface area contributed by atoms with Crippen LogP contribution < -0.4 is 4.74 Å². The molecule has 2 heterocycles. The van der Waals surface area contributed by atoms with Gasteiger partial charge in [-0.15, -0.1) is 0 Å². The molecule has 1 aromatic carbocycles. The number of carbonyl (C=O) groups excluding carboxylic acids is 2. The molecular formula is C27H40N2O3. The molecule has 0 N–H and O–H groups in total. The van der Waals surface area contributed by atoms with Gasteiger partial charge in [-0.25, -0.2) is 0 Å². The number of likely N-dealkylation sites (tertiary alicyclic amines) is 1. The van der Waals surface area contributed by atoms with E-state index in [-0.39, 0.29) is 11.8 Å². The van der Waals surface area contributed by atoms with E-state index in [9.17, 15) is 9.59 Å². The van der Waals surface area contributed by atoms with E-state index in [0.29, 0.717) is 29.5 Å². The quantitative estimate of drug-likeness (QED) is 0.311. The lowest BCUT2D eigenvalue weighted by Gasteiger charge is -2.33. The summed E-state index contributed by atoms with van der Waals surface area (Å²) in [7, 11) is 1.61. The van der Waals surface area contributed by atoms with Gasteiger partial charge < -0.3 is 9.64 Å². The average molecular weight is 441 g/mol. The molecule has 1 aromatic rings. The van der Waals surface area contributed by atoms with Crippen molar-refractivity contribution in [1.29, 1.82) is 0 Å². The van der Waals surface area contributed by atoms with Gasteiger partial charge in [-0.1, -0.05) is 77.0 Å². The second kappa shape index (κ2) is 12.1. The highest BCUT2D eigenvalue weighted by Gasteiger charge is 2.42. The van der Waals surface area contributed by atoms with Crippen molar-refractivity contribution in [3.8, 4) is 5.75 Å². The van der Waals surface area contributed by atoms with Crippen LogP contribution in [0.5, 0.6) is 5.75 Å². The third-order valence-corrected chi connectivity index (χ3v) is 6.73. The third kappa shape index (κ3) is 5.73. The van der Waals surface area contributed by atoms with Crippen LogP contribution in [0.25, 0.3) is 5.57 Å². The minimum absolute atomic E-state index is 0.132. The van der Waals surface area contributed by atoms with Crippen molar-refractivity contribution in [2.24, 2.45) is 5.92 Å². The Hall–Kier alpha value is -2.30. The van der Waals surface area contributed by atoms with E-state index < -0.39 is 0 Å². The van der Waals surface area contributed by atoms with Crippen LogP contribution in [-0.2, 0) is 9.59 Å². The number of carbonyl (C=O) groups is 2. The first-order valence-electron chi connectivity index (χ1n) is 12.6. The first-order valence-corrected chi connectivity index (χ1v) is 12.6. The first kappa shape index (κ1) is 24.3. The second-order valence-electron chi connectivity index (χ2n) is 9.35.